The predicted molar refractivity (Wildman–Crippen MR) is 135 cm³/mol. The van der Waals surface area contributed by atoms with Crippen molar-refractivity contribution in [2.45, 2.75) is 58.3 Å². The molecule has 1 aromatic carbocycles. The Bertz CT molecular complexity index is 1130. The topological polar surface area (TPSA) is 88.2 Å². The second kappa shape index (κ2) is 10.0. The molecule has 35 heavy (non-hydrogen) atoms. The van der Waals surface area contributed by atoms with E-state index in [-0.39, 0.29) is 18.1 Å². The van der Waals surface area contributed by atoms with Gasteiger partial charge in [0.25, 0.3) is 5.91 Å². The molecule has 0 saturated carbocycles. The van der Waals surface area contributed by atoms with E-state index in [9.17, 15) is 13.2 Å². The van der Waals surface area contributed by atoms with E-state index in [1.807, 2.05) is 51.1 Å². The number of amides is 1. The van der Waals surface area contributed by atoms with Gasteiger partial charge in [0.05, 0.1) is 5.60 Å². The SMILES string of the molecule is COC1CN(C(=O)c2cc(C)ccc2C)CC1OC1(C)C=CC=C(NS(=O)(=O)N2CCC(C)C2)C1. The van der Waals surface area contributed by atoms with Crippen LogP contribution in [-0.4, -0.2) is 74.6 Å². The highest BCUT2D eigenvalue weighted by atomic mass is 32.2. The van der Waals surface area contributed by atoms with Gasteiger partial charge in [-0.2, -0.15) is 12.7 Å². The third-order valence-electron chi connectivity index (χ3n) is 7.12. The number of likely N-dealkylation sites (tertiary alicyclic amines) is 1. The zero-order valence-electron chi connectivity index (χ0n) is 21.3. The summed E-state index contributed by atoms with van der Waals surface area (Å²) < 4.78 is 42.2. The first-order valence-corrected chi connectivity index (χ1v) is 13.7. The quantitative estimate of drug-likeness (QED) is 0.618. The van der Waals surface area contributed by atoms with Crippen LogP contribution in [0.2, 0.25) is 0 Å². The fourth-order valence-corrected chi connectivity index (χ4v) is 6.49. The summed E-state index contributed by atoms with van der Waals surface area (Å²) in [5.74, 6) is 0.333. The van der Waals surface area contributed by atoms with Crippen LogP contribution in [0.3, 0.4) is 0 Å². The fourth-order valence-electron chi connectivity index (χ4n) is 5.09. The number of carbonyl (C=O) groups is 1. The number of rotatable bonds is 7. The second-order valence-electron chi connectivity index (χ2n) is 10.4. The molecule has 2 saturated heterocycles. The van der Waals surface area contributed by atoms with E-state index in [4.69, 9.17) is 9.47 Å². The first-order valence-electron chi connectivity index (χ1n) is 12.2. The molecule has 2 fully saturated rings. The number of benzene rings is 1. The number of methoxy groups -OCH3 is 1. The van der Waals surface area contributed by atoms with E-state index in [0.717, 1.165) is 17.5 Å². The molecule has 4 rings (SSSR count). The second-order valence-corrected chi connectivity index (χ2v) is 12.0. The zero-order chi connectivity index (χ0) is 25.4. The smallest absolute Gasteiger partial charge is 0.301 e. The summed E-state index contributed by atoms with van der Waals surface area (Å²) in [6, 6.07) is 5.88. The standard InChI is InChI=1S/C26H37N3O5S/c1-18-8-9-20(3)22(13-18)25(30)28-16-23(33-5)24(17-28)34-26(4)11-6-7-21(14-26)27-35(31,32)29-12-10-19(2)15-29/h6-9,11,13,19,23-24,27H,10,12,14-17H2,1-5H3. The average molecular weight is 504 g/mol. The lowest BCUT2D eigenvalue weighted by atomic mass is 9.95. The van der Waals surface area contributed by atoms with Gasteiger partial charge in [0, 0.05) is 51.0 Å². The third kappa shape index (κ3) is 5.80. The van der Waals surface area contributed by atoms with Crippen molar-refractivity contribution in [2.75, 3.05) is 33.3 Å². The first-order chi connectivity index (χ1) is 16.5. The Labute approximate surface area is 209 Å². The lowest BCUT2D eigenvalue weighted by Gasteiger charge is -2.34. The Morgan fingerprint density at radius 1 is 1.17 bits per heavy atom. The molecular weight excluding hydrogens is 466 g/mol. The van der Waals surface area contributed by atoms with Gasteiger partial charge < -0.3 is 14.4 Å². The van der Waals surface area contributed by atoms with Crippen molar-refractivity contribution in [1.82, 2.24) is 13.9 Å². The van der Waals surface area contributed by atoms with Crippen LogP contribution >= 0.6 is 0 Å². The molecule has 1 aliphatic carbocycles. The number of aryl methyl sites for hydroxylation is 2. The molecule has 1 aromatic rings. The molecule has 2 aliphatic heterocycles. The summed E-state index contributed by atoms with van der Waals surface area (Å²) in [4.78, 5) is 15.0. The molecule has 1 amide bonds. The van der Waals surface area contributed by atoms with Crippen LogP contribution in [-0.2, 0) is 19.7 Å². The van der Waals surface area contributed by atoms with Crippen molar-refractivity contribution in [3.05, 3.63) is 58.8 Å². The van der Waals surface area contributed by atoms with Gasteiger partial charge in [0.1, 0.15) is 12.2 Å². The van der Waals surface area contributed by atoms with Crippen LogP contribution in [0.5, 0.6) is 0 Å². The molecule has 8 nitrogen and oxygen atoms in total. The molecular formula is C26H37N3O5S. The maximum Gasteiger partial charge on any atom is 0.301 e. The monoisotopic (exact) mass is 503 g/mol. The number of nitrogens with one attached hydrogen (secondary N) is 1. The Morgan fingerprint density at radius 2 is 1.91 bits per heavy atom. The normalized spacial score (nSPS) is 29.5. The molecule has 1 N–H and O–H groups in total. The molecule has 3 aliphatic rings. The number of hydrogen-bond acceptors (Lipinski definition) is 5. The summed E-state index contributed by atoms with van der Waals surface area (Å²) in [6.45, 7) is 9.83. The van der Waals surface area contributed by atoms with Gasteiger partial charge in [-0.25, -0.2) is 0 Å². The molecule has 4 atom stereocenters. The lowest BCUT2D eigenvalue weighted by Crippen LogP contribution is -2.43. The van der Waals surface area contributed by atoms with E-state index >= 15 is 0 Å². The van der Waals surface area contributed by atoms with Crippen LogP contribution < -0.4 is 4.72 Å². The maximum absolute atomic E-state index is 13.3. The van der Waals surface area contributed by atoms with Crippen molar-refractivity contribution in [2.24, 2.45) is 5.92 Å². The minimum absolute atomic E-state index is 0.0307. The van der Waals surface area contributed by atoms with Crippen LogP contribution in [0.4, 0.5) is 0 Å². The highest BCUT2D eigenvalue weighted by molar-refractivity contribution is 7.87. The minimum atomic E-state index is -3.60. The van der Waals surface area contributed by atoms with Crippen LogP contribution in [0, 0.1) is 19.8 Å². The van der Waals surface area contributed by atoms with Crippen molar-refractivity contribution < 1.29 is 22.7 Å². The molecule has 0 radical (unpaired) electrons. The Morgan fingerprint density at radius 3 is 2.60 bits per heavy atom. The summed E-state index contributed by atoms with van der Waals surface area (Å²) in [7, 11) is -1.97. The number of carbonyl (C=O) groups excluding carboxylic acids is 1. The molecule has 0 aromatic heterocycles. The number of hydrogen-bond donors (Lipinski definition) is 1. The fraction of sp³-hybridized carbons (Fsp3) is 0.577. The van der Waals surface area contributed by atoms with Gasteiger partial charge in [-0.15, -0.1) is 0 Å². The summed E-state index contributed by atoms with van der Waals surface area (Å²) in [6.07, 6.45) is 6.18. The third-order valence-corrected chi connectivity index (χ3v) is 8.66. The number of allylic oxidation sites excluding steroid dienone is 2. The van der Waals surface area contributed by atoms with Crippen LogP contribution in [0.25, 0.3) is 0 Å². The van der Waals surface area contributed by atoms with Gasteiger partial charge in [-0.1, -0.05) is 36.8 Å². The van der Waals surface area contributed by atoms with E-state index in [0.29, 0.717) is 49.8 Å². The van der Waals surface area contributed by atoms with Gasteiger partial charge in [-0.3, -0.25) is 9.52 Å². The molecule has 0 bridgehead atoms. The van der Waals surface area contributed by atoms with E-state index in [2.05, 4.69) is 11.6 Å². The highest BCUT2D eigenvalue weighted by Crippen LogP contribution is 2.31. The van der Waals surface area contributed by atoms with Crippen molar-refractivity contribution >= 4 is 16.1 Å². The summed E-state index contributed by atoms with van der Waals surface area (Å²) in [5.41, 5.74) is 2.53. The molecule has 192 valence electrons. The maximum atomic E-state index is 13.3. The van der Waals surface area contributed by atoms with Crippen molar-refractivity contribution in [3.8, 4) is 0 Å². The Hall–Kier alpha value is -2.20. The molecule has 2 heterocycles. The van der Waals surface area contributed by atoms with Crippen LogP contribution in [0.15, 0.2) is 42.1 Å². The lowest BCUT2D eigenvalue weighted by molar-refractivity contribution is -0.0945. The minimum Gasteiger partial charge on any atom is -0.377 e. The van der Waals surface area contributed by atoms with Gasteiger partial charge in [-0.05, 0) is 50.8 Å². The number of nitrogens with zero attached hydrogens (tertiary/aromatic N) is 2. The van der Waals surface area contributed by atoms with Crippen LogP contribution in [0.1, 0.15) is 48.2 Å². The van der Waals surface area contributed by atoms with E-state index in [1.165, 1.54) is 4.31 Å². The zero-order valence-corrected chi connectivity index (χ0v) is 22.1. The van der Waals surface area contributed by atoms with E-state index in [1.54, 1.807) is 18.1 Å². The van der Waals surface area contributed by atoms with Gasteiger partial charge in [0.15, 0.2) is 0 Å². The Kier molecular flexibility index (Phi) is 7.43. The van der Waals surface area contributed by atoms with Crippen molar-refractivity contribution in [1.29, 1.82) is 0 Å². The molecule has 0 spiro atoms. The first kappa shape index (κ1) is 25.9. The van der Waals surface area contributed by atoms with Crippen molar-refractivity contribution in [3.63, 3.8) is 0 Å². The Balaban J connectivity index is 1.42. The summed E-state index contributed by atoms with van der Waals surface area (Å²) in [5, 5.41) is 0. The predicted octanol–water partition coefficient (Wildman–Crippen LogP) is 2.94. The summed E-state index contributed by atoms with van der Waals surface area (Å²) >= 11 is 0. The van der Waals surface area contributed by atoms with Gasteiger partial charge >= 0.3 is 10.2 Å². The van der Waals surface area contributed by atoms with Gasteiger partial charge in [0.2, 0.25) is 0 Å². The average Bonchev–Trinajstić information content (AvgIpc) is 3.41. The molecule has 9 heteroatoms. The number of ether oxygens (including phenoxy) is 2. The highest BCUT2D eigenvalue weighted by Gasteiger charge is 2.41. The largest absolute Gasteiger partial charge is 0.377 e. The van der Waals surface area contributed by atoms with E-state index < -0.39 is 15.8 Å². The molecule has 4 unspecified atom stereocenters.